The van der Waals surface area contributed by atoms with Gasteiger partial charge in [-0.05, 0) is 56.2 Å². The quantitative estimate of drug-likeness (QED) is 0.266. The zero-order chi connectivity index (χ0) is 22.9. The van der Waals surface area contributed by atoms with Gasteiger partial charge in [0.1, 0.15) is 0 Å². The number of piperidine rings is 2. The average molecular weight is 572 g/mol. The number of carbonyl (C=O) groups excluding carboxylic acids is 1. The number of amides is 1. The largest absolute Gasteiger partial charge is 0.396 e. The molecule has 0 bridgehead atoms. The molecule has 1 aromatic rings. The summed E-state index contributed by atoms with van der Waals surface area (Å²) in [5.41, 5.74) is 2.44. The van der Waals surface area contributed by atoms with Crippen molar-refractivity contribution in [2.75, 3.05) is 44.2 Å². The number of aliphatic imine (C=N–C) groups is 1. The van der Waals surface area contributed by atoms with Gasteiger partial charge in [0.25, 0.3) is 0 Å². The maximum Gasteiger partial charge on any atom is 0.225 e. The summed E-state index contributed by atoms with van der Waals surface area (Å²) in [6.45, 7) is 11.4. The van der Waals surface area contributed by atoms with E-state index in [9.17, 15) is 9.90 Å². The number of carbonyl (C=O) groups is 1. The monoisotopic (exact) mass is 571 g/mol. The molecule has 0 saturated carbocycles. The predicted octanol–water partition coefficient (Wildman–Crippen LogP) is 3.22. The van der Waals surface area contributed by atoms with Crippen LogP contribution in [0, 0.1) is 11.8 Å². The first kappa shape index (κ1) is 27.7. The molecule has 2 saturated heterocycles. The third-order valence-electron chi connectivity index (χ3n) is 6.58. The summed E-state index contributed by atoms with van der Waals surface area (Å²) in [5.74, 6) is 1.62. The van der Waals surface area contributed by atoms with Gasteiger partial charge >= 0.3 is 0 Å². The SMILES string of the molecule is CCNC(=NCc1ccc(N2CCC(CO)CC2)cc1)NC1CCN(C(=O)C(C)C)CC1.I. The Morgan fingerprint density at radius 2 is 1.73 bits per heavy atom. The Labute approximate surface area is 216 Å². The van der Waals surface area contributed by atoms with Crippen molar-refractivity contribution in [2.24, 2.45) is 16.8 Å². The molecule has 3 N–H and O–H groups in total. The number of nitrogens with one attached hydrogen (secondary N) is 2. The number of hydrogen-bond donors (Lipinski definition) is 3. The molecule has 2 aliphatic heterocycles. The molecule has 0 spiro atoms. The minimum atomic E-state index is 0. The van der Waals surface area contributed by atoms with E-state index in [1.54, 1.807) is 0 Å². The Morgan fingerprint density at radius 1 is 1.09 bits per heavy atom. The highest BCUT2D eigenvalue weighted by Gasteiger charge is 2.24. The normalized spacial score (nSPS) is 18.3. The van der Waals surface area contributed by atoms with Gasteiger partial charge in [0.15, 0.2) is 5.96 Å². The zero-order valence-corrected chi connectivity index (χ0v) is 22.8. The van der Waals surface area contributed by atoms with Crippen molar-refractivity contribution in [1.29, 1.82) is 0 Å². The number of likely N-dealkylation sites (tertiary alicyclic amines) is 1. The average Bonchev–Trinajstić information content (AvgIpc) is 2.83. The van der Waals surface area contributed by atoms with Gasteiger partial charge in [-0.1, -0.05) is 26.0 Å². The number of rotatable bonds is 7. The fraction of sp³-hybridized carbons (Fsp3) is 0.680. The van der Waals surface area contributed by atoms with Crippen LogP contribution in [0.15, 0.2) is 29.3 Å². The van der Waals surface area contributed by atoms with Crippen LogP contribution in [0.4, 0.5) is 5.69 Å². The van der Waals surface area contributed by atoms with Crippen molar-refractivity contribution >= 4 is 41.5 Å². The van der Waals surface area contributed by atoms with Crippen molar-refractivity contribution in [3.05, 3.63) is 29.8 Å². The van der Waals surface area contributed by atoms with Crippen LogP contribution in [0.3, 0.4) is 0 Å². The summed E-state index contributed by atoms with van der Waals surface area (Å²) in [5, 5.41) is 16.2. The lowest BCUT2D eigenvalue weighted by Crippen LogP contribution is -2.50. The molecule has 1 amide bonds. The van der Waals surface area contributed by atoms with E-state index in [0.717, 1.165) is 64.4 Å². The number of benzene rings is 1. The summed E-state index contributed by atoms with van der Waals surface area (Å²) >= 11 is 0. The Bertz CT molecular complexity index is 740. The Balaban J connectivity index is 0.00000385. The number of hydrogen-bond acceptors (Lipinski definition) is 4. The van der Waals surface area contributed by atoms with E-state index in [0.29, 0.717) is 25.1 Å². The zero-order valence-electron chi connectivity index (χ0n) is 20.4. The second-order valence-corrected chi connectivity index (χ2v) is 9.37. The maximum absolute atomic E-state index is 12.2. The summed E-state index contributed by atoms with van der Waals surface area (Å²) < 4.78 is 0. The minimum Gasteiger partial charge on any atom is -0.396 e. The Hall–Kier alpha value is -1.55. The summed E-state index contributed by atoms with van der Waals surface area (Å²) in [6.07, 6.45) is 4.02. The van der Waals surface area contributed by atoms with Crippen LogP contribution in [0.1, 0.15) is 52.0 Å². The van der Waals surface area contributed by atoms with Gasteiger partial charge in [0, 0.05) is 57.0 Å². The van der Waals surface area contributed by atoms with Crippen LogP contribution in [-0.2, 0) is 11.3 Å². The number of aliphatic hydroxyl groups excluding tert-OH is 1. The van der Waals surface area contributed by atoms with Crippen LogP contribution in [0.2, 0.25) is 0 Å². The standard InChI is InChI=1S/C25H41N5O2.HI/c1-4-26-25(28-22-11-15-30(16-12-22)24(32)19(2)3)27-17-20-5-7-23(8-6-20)29-13-9-21(18-31)10-14-29;/h5-8,19,21-22,31H,4,9-18H2,1-3H3,(H2,26,27,28);1H. The van der Waals surface area contributed by atoms with Gasteiger partial charge in [0.05, 0.1) is 6.54 Å². The summed E-state index contributed by atoms with van der Waals surface area (Å²) in [4.78, 5) is 21.4. The molecule has 2 fully saturated rings. The van der Waals surface area contributed by atoms with Crippen molar-refractivity contribution in [3.8, 4) is 0 Å². The highest BCUT2D eigenvalue weighted by Crippen LogP contribution is 2.23. The number of halogens is 1. The van der Waals surface area contributed by atoms with E-state index in [1.807, 2.05) is 18.7 Å². The van der Waals surface area contributed by atoms with Gasteiger partial charge in [-0.2, -0.15) is 0 Å². The lowest BCUT2D eigenvalue weighted by atomic mass is 9.97. The second kappa shape index (κ2) is 14.0. The molecular formula is C25H42IN5O2. The van der Waals surface area contributed by atoms with Crippen molar-refractivity contribution < 1.29 is 9.90 Å². The smallest absolute Gasteiger partial charge is 0.225 e. The van der Waals surface area contributed by atoms with Gasteiger partial charge < -0.3 is 25.5 Å². The molecule has 1 aromatic carbocycles. The van der Waals surface area contributed by atoms with E-state index in [4.69, 9.17) is 4.99 Å². The fourth-order valence-corrected chi connectivity index (χ4v) is 4.48. The molecular weight excluding hydrogens is 529 g/mol. The first-order chi connectivity index (χ1) is 15.5. The molecule has 0 atom stereocenters. The predicted molar refractivity (Wildman–Crippen MR) is 146 cm³/mol. The van der Waals surface area contributed by atoms with Crippen LogP contribution in [-0.4, -0.2) is 67.2 Å². The van der Waals surface area contributed by atoms with Crippen LogP contribution < -0.4 is 15.5 Å². The van der Waals surface area contributed by atoms with Gasteiger partial charge in [-0.25, -0.2) is 4.99 Å². The lowest BCUT2D eigenvalue weighted by Gasteiger charge is -2.34. The molecule has 0 aromatic heterocycles. The third kappa shape index (κ3) is 8.31. The first-order valence-electron chi connectivity index (χ1n) is 12.3. The molecule has 0 aliphatic carbocycles. The van der Waals surface area contributed by atoms with Crippen LogP contribution >= 0.6 is 24.0 Å². The Morgan fingerprint density at radius 3 is 2.27 bits per heavy atom. The molecule has 2 aliphatic rings. The summed E-state index contributed by atoms with van der Waals surface area (Å²) in [6, 6.07) is 9.04. The number of aliphatic hydroxyl groups is 1. The van der Waals surface area contributed by atoms with Gasteiger partial charge in [0.2, 0.25) is 5.91 Å². The molecule has 33 heavy (non-hydrogen) atoms. The molecule has 8 heteroatoms. The molecule has 2 heterocycles. The topological polar surface area (TPSA) is 80.2 Å². The molecule has 3 rings (SSSR count). The maximum atomic E-state index is 12.2. The van der Waals surface area contributed by atoms with E-state index >= 15 is 0 Å². The number of guanidine groups is 1. The van der Waals surface area contributed by atoms with Gasteiger partial charge in [-0.3, -0.25) is 4.79 Å². The molecule has 186 valence electrons. The highest BCUT2D eigenvalue weighted by molar-refractivity contribution is 14.0. The van der Waals surface area contributed by atoms with Gasteiger partial charge in [-0.15, -0.1) is 24.0 Å². The van der Waals surface area contributed by atoms with Crippen molar-refractivity contribution in [2.45, 2.75) is 59.0 Å². The number of nitrogens with zero attached hydrogens (tertiary/aromatic N) is 3. The van der Waals surface area contributed by atoms with Crippen LogP contribution in [0.5, 0.6) is 0 Å². The van der Waals surface area contributed by atoms with Crippen LogP contribution in [0.25, 0.3) is 0 Å². The van der Waals surface area contributed by atoms with Crippen molar-refractivity contribution in [1.82, 2.24) is 15.5 Å². The molecule has 0 radical (unpaired) electrons. The first-order valence-corrected chi connectivity index (χ1v) is 12.3. The third-order valence-corrected chi connectivity index (χ3v) is 6.58. The van der Waals surface area contributed by atoms with E-state index in [-0.39, 0.29) is 35.8 Å². The minimum absolute atomic E-state index is 0. The lowest BCUT2D eigenvalue weighted by molar-refractivity contribution is -0.135. The number of anilines is 1. The van der Waals surface area contributed by atoms with E-state index < -0.39 is 0 Å². The molecule has 7 nitrogen and oxygen atoms in total. The second-order valence-electron chi connectivity index (χ2n) is 9.37. The summed E-state index contributed by atoms with van der Waals surface area (Å²) in [7, 11) is 0. The molecule has 0 unspecified atom stereocenters. The Kier molecular flexibility index (Phi) is 11.7. The van der Waals surface area contributed by atoms with E-state index in [2.05, 4.69) is 46.7 Å². The van der Waals surface area contributed by atoms with Crippen molar-refractivity contribution in [3.63, 3.8) is 0 Å². The highest BCUT2D eigenvalue weighted by atomic mass is 127. The fourth-order valence-electron chi connectivity index (χ4n) is 4.48. The van der Waals surface area contributed by atoms with E-state index in [1.165, 1.54) is 11.3 Å².